The van der Waals surface area contributed by atoms with Crippen LogP contribution in [0.4, 0.5) is 16.0 Å². The molecule has 2 aromatic carbocycles. The zero-order chi connectivity index (χ0) is 19.4. The molecular formula is C16H15FN6O2S2. The molecular weight excluding hydrogens is 391 g/mol. The van der Waals surface area contributed by atoms with E-state index in [2.05, 4.69) is 20.7 Å². The van der Waals surface area contributed by atoms with Gasteiger partial charge in [-0.3, -0.25) is 5.32 Å². The van der Waals surface area contributed by atoms with Gasteiger partial charge in [0.15, 0.2) is 5.11 Å². The van der Waals surface area contributed by atoms with Crippen molar-refractivity contribution in [2.75, 3.05) is 10.6 Å². The number of thiocarbonyl (C=S) groups is 1. The topological polar surface area (TPSA) is 115 Å². The van der Waals surface area contributed by atoms with E-state index in [1.165, 1.54) is 41.3 Å². The van der Waals surface area contributed by atoms with Crippen LogP contribution < -0.4 is 15.8 Å². The Balaban J connectivity index is 1.60. The van der Waals surface area contributed by atoms with E-state index in [1.54, 1.807) is 18.2 Å². The minimum absolute atomic E-state index is 0.000446. The van der Waals surface area contributed by atoms with Gasteiger partial charge in [0, 0.05) is 11.3 Å². The van der Waals surface area contributed by atoms with Crippen molar-refractivity contribution in [2.24, 2.45) is 5.14 Å². The molecule has 0 radical (unpaired) electrons. The predicted octanol–water partition coefficient (Wildman–Crippen LogP) is 1.92. The molecule has 0 aliphatic rings. The normalized spacial score (nSPS) is 11.2. The number of primary sulfonamides is 1. The number of anilines is 2. The summed E-state index contributed by atoms with van der Waals surface area (Å²) in [4.78, 5) is 4.07. The molecule has 0 aliphatic heterocycles. The van der Waals surface area contributed by atoms with Gasteiger partial charge in [-0.25, -0.2) is 27.6 Å². The Morgan fingerprint density at radius 2 is 1.85 bits per heavy atom. The number of halogens is 1. The number of aromatic nitrogens is 3. The molecule has 0 saturated heterocycles. The van der Waals surface area contributed by atoms with E-state index in [1.807, 2.05) is 0 Å². The molecule has 1 heterocycles. The number of nitrogens with one attached hydrogen (secondary N) is 2. The minimum Gasteiger partial charge on any atom is -0.332 e. The number of rotatable bonds is 5. The van der Waals surface area contributed by atoms with Crippen LogP contribution in [0.3, 0.4) is 0 Å². The minimum atomic E-state index is -3.75. The quantitative estimate of drug-likeness (QED) is 0.555. The van der Waals surface area contributed by atoms with Crippen LogP contribution in [0, 0.1) is 5.82 Å². The highest BCUT2D eigenvalue weighted by Crippen LogP contribution is 2.13. The first-order chi connectivity index (χ1) is 12.8. The van der Waals surface area contributed by atoms with Gasteiger partial charge in [-0.1, -0.05) is 18.2 Å². The van der Waals surface area contributed by atoms with E-state index in [0.717, 1.165) is 0 Å². The number of sulfonamides is 1. The number of benzene rings is 2. The van der Waals surface area contributed by atoms with Gasteiger partial charge in [-0.15, -0.1) is 5.10 Å². The van der Waals surface area contributed by atoms with E-state index in [0.29, 0.717) is 11.3 Å². The van der Waals surface area contributed by atoms with Gasteiger partial charge < -0.3 is 5.32 Å². The van der Waals surface area contributed by atoms with Crippen LogP contribution in [0.2, 0.25) is 0 Å². The van der Waals surface area contributed by atoms with E-state index in [4.69, 9.17) is 17.4 Å². The molecule has 4 N–H and O–H groups in total. The van der Waals surface area contributed by atoms with Crippen LogP contribution in [0.5, 0.6) is 0 Å². The van der Waals surface area contributed by atoms with Crippen molar-refractivity contribution in [2.45, 2.75) is 11.4 Å². The largest absolute Gasteiger partial charge is 0.332 e. The molecule has 0 bridgehead atoms. The van der Waals surface area contributed by atoms with Crippen molar-refractivity contribution in [1.29, 1.82) is 0 Å². The van der Waals surface area contributed by atoms with Gasteiger partial charge in [-0.05, 0) is 42.5 Å². The monoisotopic (exact) mass is 406 g/mol. The van der Waals surface area contributed by atoms with Crippen molar-refractivity contribution in [1.82, 2.24) is 14.8 Å². The molecule has 0 fully saturated rings. The van der Waals surface area contributed by atoms with Gasteiger partial charge in [0.1, 0.15) is 12.1 Å². The van der Waals surface area contributed by atoms with Gasteiger partial charge in [-0.2, -0.15) is 0 Å². The lowest BCUT2D eigenvalue weighted by Gasteiger charge is -2.08. The van der Waals surface area contributed by atoms with Crippen molar-refractivity contribution < 1.29 is 12.8 Å². The third-order valence-corrected chi connectivity index (χ3v) is 4.63. The Morgan fingerprint density at radius 3 is 2.52 bits per heavy atom. The summed E-state index contributed by atoms with van der Waals surface area (Å²) in [6.07, 6.45) is 1.46. The van der Waals surface area contributed by atoms with Crippen molar-refractivity contribution in [3.63, 3.8) is 0 Å². The van der Waals surface area contributed by atoms with Crippen molar-refractivity contribution in [3.05, 3.63) is 66.2 Å². The molecule has 0 atom stereocenters. The summed E-state index contributed by atoms with van der Waals surface area (Å²) in [5.74, 6) is -0.0763. The molecule has 0 saturated carbocycles. The summed E-state index contributed by atoms with van der Waals surface area (Å²) in [5.41, 5.74) is 1.05. The maximum atomic E-state index is 13.7. The van der Waals surface area contributed by atoms with Gasteiger partial charge in [0.05, 0.1) is 11.4 Å². The lowest BCUT2D eigenvalue weighted by Crippen LogP contribution is -2.20. The number of nitrogens with two attached hydrogens (primary N) is 1. The average molecular weight is 406 g/mol. The Labute approximate surface area is 160 Å². The lowest BCUT2D eigenvalue weighted by atomic mass is 10.2. The van der Waals surface area contributed by atoms with E-state index < -0.39 is 10.0 Å². The van der Waals surface area contributed by atoms with Crippen molar-refractivity contribution in [3.8, 4) is 0 Å². The van der Waals surface area contributed by atoms with Crippen LogP contribution in [0.15, 0.2) is 59.8 Å². The summed E-state index contributed by atoms with van der Waals surface area (Å²) < 4.78 is 37.6. The Morgan fingerprint density at radius 1 is 1.15 bits per heavy atom. The summed E-state index contributed by atoms with van der Waals surface area (Å²) in [5, 5.41) is 15.1. The average Bonchev–Trinajstić information content (AvgIpc) is 3.03. The number of nitrogens with zero attached hydrogens (tertiary/aromatic N) is 3. The first-order valence-corrected chi connectivity index (χ1v) is 9.60. The fraction of sp³-hybridized carbons (Fsp3) is 0.0625. The Hall–Kier alpha value is -2.89. The summed E-state index contributed by atoms with van der Waals surface area (Å²) in [6, 6.07) is 12.2. The second-order valence-electron chi connectivity index (χ2n) is 5.51. The van der Waals surface area contributed by atoms with Gasteiger partial charge in [0.25, 0.3) is 0 Å². The zero-order valence-corrected chi connectivity index (χ0v) is 15.5. The van der Waals surface area contributed by atoms with Crippen molar-refractivity contribution >= 4 is 39.0 Å². The second kappa shape index (κ2) is 7.78. The first kappa shape index (κ1) is 18.9. The van der Waals surface area contributed by atoms with Gasteiger partial charge >= 0.3 is 0 Å². The maximum absolute atomic E-state index is 13.7. The Kier molecular flexibility index (Phi) is 5.44. The molecule has 3 rings (SSSR count). The van der Waals surface area contributed by atoms with E-state index in [-0.39, 0.29) is 28.3 Å². The standard InChI is InChI=1S/C16H15FN6O2S2/c17-14-4-2-1-3-11(14)9-23-10-19-15(22-23)21-16(26)20-12-5-7-13(8-6-12)27(18,24)25/h1-8,10H,9H2,(H2,18,24,25)(H2,20,21,22,26). The SMILES string of the molecule is NS(=O)(=O)c1ccc(NC(=S)Nc2ncn(Cc3ccccc3F)n2)cc1. The smallest absolute Gasteiger partial charge is 0.248 e. The summed E-state index contributed by atoms with van der Waals surface area (Å²) in [7, 11) is -3.75. The number of hydrogen-bond donors (Lipinski definition) is 3. The summed E-state index contributed by atoms with van der Waals surface area (Å²) in [6.45, 7) is 0.233. The fourth-order valence-corrected chi connectivity index (χ4v) is 2.95. The molecule has 11 heteroatoms. The van der Waals surface area contributed by atoms with Crippen LogP contribution in [-0.2, 0) is 16.6 Å². The molecule has 0 unspecified atom stereocenters. The third-order valence-electron chi connectivity index (χ3n) is 3.49. The zero-order valence-electron chi connectivity index (χ0n) is 13.8. The van der Waals surface area contributed by atoms with Crippen LogP contribution in [0.25, 0.3) is 0 Å². The number of hydrogen-bond acceptors (Lipinski definition) is 5. The Bertz CT molecular complexity index is 1070. The predicted molar refractivity (Wildman–Crippen MR) is 103 cm³/mol. The second-order valence-corrected chi connectivity index (χ2v) is 7.48. The fourth-order valence-electron chi connectivity index (χ4n) is 2.22. The molecule has 140 valence electrons. The maximum Gasteiger partial charge on any atom is 0.248 e. The molecule has 27 heavy (non-hydrogen) atoms. The highest BCUT2D eigenvalue weighted by molar-refractivity contribution is 7.89. The van der Waals surface area contributed by atoms with Crippen LogP contribution in [-0.4, -0.2) is 28.3 Å². The highest BCUT2D eigenvalue weighted by Gasteiger charge is 2.09. The van der Waals surface area contributed by atoms with E-state index >= 15 is 0 Å². The molecule has 8 nitrogen and oxygen atoms in total. The molecule has 1 aromatic heterocycles. The van der Waals surface area contributed by atoms with Gasteiger partial charge in [0.2, 0.25) is 16.0 Å². The summed E-state index contributed by atoms with van der Waals surface area (Å²) >= 11 is 5.17. The van der Waals surface area contributed by atoms with Crippen LogP contribution in [0.1, 0.15) is 5.56 Å². The van der Waals surface area contributed by atoms with E-state index in [9.17, 15) is 12.8 Å². The lowest BCUT2D eigenvalue weighted by molar-refractivity contribution is 0.585. The van der Waals surface area contributed by atoms with Crippen LogP contribution >= 0.6 is 12.2 Å². The highest BCUT2D eigenvalue weighted by atomic mass is 32.2. The third kappa shape index (κ3) is 5.06. The molecule has 0 amide bonds. The molecule has 3 aromatic rings. The molecule has 0 spiro atoms. The molecule has 0 aliphatic carbocycles. The first-order valence-electron chi connectivity index (χ1n) is 7.65.